The van der Waals surface area contributed by atoms with Gasteiger partial charge in [-0.1, -0.05) is 0 Å². The topological polar surface area (TPSA) is 23.5 Å². The summed E-state index contributed by atoms with van der Waals surface area (Å²) in [7, 11) is 2.01. The summed E-state index contributed by atoms with van der Waals surface area (Å²) >= 11 is 0. The number of phenolic OH excluding ortho intramolecular Hbond substituents is 1. The molecule has 0 amide bonds. The van der Waals surface area contributed by atoms with Gasteiger partial charge < -0.3 is 10.0 Å². The number of halogens is 1. The van der Waals surface area contributed by atoms with Crippen molar-refractivity contribution < 1.29 is 9.50 Å². The van der Waals surface area contributed by atoms with Crippen LogP contribution in [0.1, 0.15) is 11.1 Å². The maximum absolute atomic E-state index is 13.0. The molecule has 0 aliphatic carbocycles. The molecule has 1 heterocycles. The second-order valence-corrected chi connectivity index (χ2v) is 3.56. The van der Waals surface area contributed by atoms with Crippen LogP contribution in [0.5, 0.6) is 5.75 Å². The SMILES string of the molecule is CN1CCc2cc(O)c(F)cc2C1. The maximum Gasteiger partial charge on any atom is 0.165 e. The van der Waals surface area contributed by atoms with Gasteiger partial charge in [0, 0.05) is 13.1 Å². The summed E-state index contributed by atoms with van der Waals surface area (Å²) in [5.41, 5.74) is 2.06. The van der Waals surface area contributed by atoms with Gasteiger partial charge in [-0.2, -0.15) is 0 Å². The lowest BCUT2D eigenvalue weighted by Crippen LogP contribution is -2.26. The molecular formula is C10H12FNO. The first-order chi connectivity index (χ1) is 6.16. The second kappa shape index (κ2) is 3.00. The molecule has 1 aliphatic heterocycles. The Labute approximate surface area is 76.6 Å². The molecule has 70 valence electrons. The zero-order valence-corrected chi connectivity index (χ0v) is 7.55. The third-order valence-corrected chi connectivity index (χ3v) is 2.47. The lowest BCUT2D eigenvalue weighted by molar-refractivity contribution is 0.310. The predicted molar refractivity (Wildman–Crippen MR) is 48.1 cm³/mol. The molecule has 13 heavy (non-hydrogen) atoms. The van der Waals surface area contributed by atoms with Crippen molar-refractivity contribution in [2.45, 2.75) is 13.0 Å². The first-order valence-electron chi connectivity index (χ1n) is 4.35. The van der Waals surface area contributed by atoms with Gasteiger partial charge in [0.05, 0.1) is 0 Å². The van der Waals surface area contributed by atoms with Crippen LogP contribution in [0.15, 0.2) is 12.1 Å². The van der Waals surface area contributed by atoms with Gasteiger partial charge in [-0.15, -0.1) is 0 Å². The van der Waals surface area contributed by atoms with Gasteiger partial charge in [0.25, 0.3) is 0 Å². The van der Waals surface area contributed by atoms with Crippen LogP contribution in [0.2, 0.25) is 0 Å². The van der Waals surface area contributed by atoms with Crippen molar-refractivity contribution in [1.82, 2.24) is 4.90 Å². The first-order valence-corrected chi connectivity index (χ1v) is 4.35. The summed E-state index contributed by atoms with van der Waals surface area (Å²) in [6.07, 6.45) is 0.889. The van der Waals surface area contributed by atoms with E-state index in [0.717, 1.165) is 30.6 Å². The number of rotatable bonds is 0. The van der Waals surface area contributed by atoms with Crippen molar-refractivity contribution in [3.05, 3.63) is 29.1 Å². The van der Waals surface area contributed by atoms with Gasteiger partial charge in [-0.25, -0.2) is 4.39 Å². The Morgan fingerprint density at radius 1 is 1.38 bits per heavy atom. The molecule has 0 saturated heterocycles. The fourth-order valence-electron chi connectivity index (χ4n) is 1.71. The van der Waals surface area contributed by atoms with Crippen LogP contribution < -0.4 is 0 Å². The Hall–Kier alpha value is -1.09. The molecule has 0 bridgehead atoms. The van der Waals surface area contributed by atoms with Crippen LogP contribution >= 0.6 is 0 Å². The summed E-state index contributed by atoms with van der Waals surface area (Å²) in [5, 5.41) is 9.15. The number of hydrogen-bond acceptors (Lipinski definition) is 2. The van der Waals surface area contributed by atoms with E-state index in [1.54, 1.807) is 0 Å². The van der Waals surface area contributed by atoms with Crippen LogP contribution in [0, 0.1) is 5.82 Å². The monoisotopic (exact) mass is 181 g/mol. The summed E-state index contributed by atoms with van der Waals surface area (Å²) in [6, 6.07) is 2.97. The van der Waals surface area contributed by atoms with E-state index in [1.165, 1.54) is 12.1 Å². The third kappa shape index (κ3) is 1.52. The predicted octanol–water partition coefficient (Wildman–Crippen LogP) is 1.52. The quantitative estimate of drug-likeness (QED) is 0.656. The number of fused-ring (bicyclic) bond motifs is 1. The van der Waals surface area contributed by atoms with Crippen molar-refractivity contribution in [2.24, 2.45) is 0 Å². The van der Waals surface area contributed by atoms with E-state index in [1.807, 2.05) is 7.05 Å². The summed E-state index contributed by atoms with van der Waals surface area (Å²) < 4.78 is 13.0. The average Bonchev–Trinajstić information content (AvgIpc) is 2.08. The van der Waals surface area contributed by atoms with E-state index < -0.39 is 5.82 Å². The molecule has 1 N–H and O–H groups in total. The average molecular weight is 181 g/mol. The molecule has 1 aromatic carbocycles. The van der Waals surface area contributed by atoms with Gasteiger partial charge in [0.15, 0.2) is 11.6 Å². The number of hydrogen-bond donors (Lipinski definition) is 1. The molecule has 1 aliphatic rings. The highest BCUT2D eigenvalue weighted by molar-refractivity contribution is 5.37. The largest absolute Gasteiger partial charge is 0.505 e. The molecule has 1 aromatic rings. The molecule has 3 heteroatoms. The number of phenols is 1. The minimum atomic E-state index is -0.519. The molecule has 2 nitrogen and oxygen atoms in total. The fourth-order valence-corrected chi connectivity index (χ4v) is 1.71. The molecule has 0 spiro atoms. The van der Waals surface area contributed by atoms with E-state index >= 15 is 0 Å². The van der Waals surface area contributed by atoms with Gasteiger partial charge in [0.2, 0.25) is 0 Å². The third-order valence-electron chi connectivity index (χ3n) is 2.47. The lowest BCUT2D eigenvalue weighted by Gasteiger charge is -2.24. The minimum Gasteiger partial charge on any atom is -0.505 e. The summed E-state index contributed by atoms with van der Waals surface area (Å²) in [6.45, 7) is 1.74. The number of aromatic hydroxyl groups is 1. The minimum absolute atomic E-state index is 0.233. The van der Waals surface area contributed by atoms with E-state index in [0.29, 0.717) is 0 Å². The molecule has 0 saturated carbocycles. The highest BCUT2D eigenvalue weighted by Gasteiger charge is 2.15. The van der Waals surface area contributed by atoms with E-state index in [4.69, 9.17) is 5.11 Å². The molecule has 0 radical (unpaired) electrons. The lowest BCUT2D eigenvalue weighted by atomic mass is 10.00. The number of nitrogens with zero attached hydrogens (tertiary/aromatic N) is 1. The van der Waals surface area contributed by atoms with Crippen LogP contribution in [-0.2, 0) is 13.0 Å². The fraction of sp³-hybridized carbons (Fsp3) is 0.400. The van der Waals surface area contributed by atoms with Crippen LogP contribution in [0.4, 0.5) is 4.39 Å². The van der Waals surface area contributed by atoms with Crippen molar-refractivity contribution in [3.8, 4) is 5.75 Å². The van der Waals surface area contributed by atoms with Gasteiger partial charge in [-0.3, -0.25) is 0 Å². The van der Waals surface area contributed by atoms with Crippen molar-refractivity contribution in [3.63, 3.8) is 0 Å². The number of likely N-dealkylation sites (N-methyl/N-ethyl adjacent to an activating group) is 1. The summed E-state index contributed by atoms with van der Waals surface area (Å²) in [4.78, 5) is 2.14. The van der Waals surface area contributed by atoms with Gasteiger partial charge in [-0.05, 0) is 36.7 Å². The van der Waals surface area contributed by atoms with Crippen molar-refractivity contribution in [1.29, 1.82) is 0 Å². The van der Waals surface area contributed by atoms with Gasteiger partial charge >= 0.3 is 0 Å². The van der Waals surface area contributed by atoms with Gasteiger partial charge in [0.1, 0.15) is 0 Å². The maximum atomic E-state index is 13.0. The van der Waals surface area contributed by atoms with E-state index in [9.17, 15) is 4.39 Å². The Balaban J connectivity index is 2.43. The highest BCUT2D eigenvalue weighted by atomic mass is 19.1. The molecule has 0 unspecified atom stereocenters. The van der Waals surface area contributed by atoms with Crippen molar-refractivity contribution in [2.75, 3.05) is 13.6 Å². The number of benzene rings is 1. The summed E-state index contributed by atoms with van der Waals surface area (Å²) in [5.74, 6) is -0.752. The molecule has 2 rings (SSSR count). The zero-order chi connectivity index (χ0) is 9.42. The Morgan fingerprint density at radius 3 is 2.92 bits per heavy atom. The smallest absolute Gasteiger partial charge is 0.165 e. The molecule has 0 fully saturated rings. The Morgan fingerprint density at radius 2 is 2.15 bits per heavy atom. The van der Waals surface area contributed by atoms with E-state index in [2.05, 4.69) is 4.90 Å². The van der Waals surface area contributed by atoms with Crippen LogP contribution in [0.25, 0.3) is 0 Å². The van der Waals surface area contributed by atoms with Crippen LogP contribution in [-0.4, -0.2) is 23.6 Å². The van der Waals surface area contributed by atoms with E-state index in [-0.39, 0.29) is 5.75 Å². The first kappa shape index (κ1) is 8.51. The normalized spacial score (nSPS) is 17.1. The van der Waals surface area contributed by atoms with Crippen molar-refractivity contribution >= 4 is 0 Å². The standard InChI is InChI=1S/C10H12FNO/c1-12-3-2-7-5-10(13)9(11)4-8(7)6-12/h4-5,13H,2-3,6H2,1H3. The Bertz CT molecular complexity index is 338. The molecule has 0 aromatic heterocycles. The zero-order valence-electron chi connectivity index (χ0n) is 7.55. The Kier molecular flexibility index (Phi) is 1.96. The highest BCUT2D eigenvalue weighted by Crippen LogP contribution is 2.25. The molecule has 0 atom stereocenters. The second-order valence-electron chi connectivity index (χ2n) is 3.56. The van der Waals surface area contributed by atoms with Crippen LogP contribution in [0.3, 0.4) is 0 Å². The molecular weight excluding hydrogens is 169 g/mol.